The van der Waals surface area contributed by atoms with E-state index in [-0.39, 0.29) is 0 Å². The first-order valence-corrected chi connectivity index (χ1v) is 17.2. The van der Waals surface area contributed by atoms with Crippen molar-refractivity contribution in [1.29, 1.82) is 0 Å². The molecule has 0 aliphatic rings. The van der Waals surface area contributed by atoms with E-state index in [0.717, 1.165) is 11.4 Å². The molecule has 0 radical (unpaired) electrons. The summed E-state index contributed by atoms with van der Waals surface area (Å²) >= 11 is 0. The van der Waals surface area contributed by atoms with Gasteiger partial charge in [0.15, 0.2) is 0 Å². The van der Waals surface area contributed by atoms with Gasteiger partial charge in [-0.1, -0.05) is 152 Å². The van der Waals surface area contributed by atoms with Gasteiger partial charge in [-0.25, -0.2) is 0 Å². The van der Waals surface area contributed by atoms with Crippen LogP contribution in [0.4, 0.5) is 0 Å². The average Bonchev–Trinajstić information content (AvgIpc) is 3.72. The summed E-state index contributed by atoms with van der Waals surface area (Å²) in [6.45, 7) is 0. The quantitative estimate of drug-likeness (QED) is 0.178. The molecule has 0 atom stereocenters. The third-order valence-electron chi connectivity index (χ3n) is 10.1. The molecule has 0 N–H and O–H groups in total. The van der Waals surface area contributed by atoms with Gasteiger partial charge < -0.3 is 9.13 Å². The van der Waals surface area contributed by atoms with Crippen LogP contribution in [-0.2, 0) is 0 Å². The normalized spacial score (nSPS) is 11.6. The second-order valence-corrected chi connectivity index (χ2v) is 13.0. The van der Waals surface area contributed by atoms with E-state index in [1.165, 1.54) is 77.0 Å². The van der Waals surface area contributed by atoms with Gasteiger partial charge in [0.05, 0.1) is 22.1 Å². The van der Waals surface area contributed by atoms with Gasteiger partial charge in [-0.3, -0.25) is 0 Å². The first kappa shape index (κ1) is 28.4. The Labute approximate surface area is 290 Å². The molecule has 10 rings (SSSR count). The molecule has 0 bridgehead atoms. The van der Waals surface area contributed by atoms with Crippen molar-refractivity contribution in [3.8, 4) is 44.8 Å². The summed E-state index contributed by atoms with van der Waals surface area (Å²) in [5.74, 6) is 0. The molecule has 0 fully saturated rings. The van der Waals surface area contributed by atoms with E-state index >= 15 is 0 Å². The molecule has 10 aromatic rings. The molecule has 2 heterocycles. The Kier molecular flexibility index (Phi) is 6.53. The lowest BCUT2D eigenvalue weighted by molar-refractivity contribution is 1.15. The maximum absolute atomic E-state index is 2.48. The SMILES string of the molecule is c1ccc(-c2ccc(-n3c4ccccc4c4ccc5c6ccccc6n(-c6cccc(-c7cccc(-c8ccccc8)c7)c6)c5c43)cc2)cc1. The molecule has 0 aliphatic heterocycles. The lowest BCUT2D eigenvalue weighted by Gasteiger charge is -2.14. The van der Waals surface area contributed by atoms with Crippen molar-refractivity contribution in [3.05, 3.63) is 194 Å². The van der Waals surface area contributed by atoms with Gasteiger partial charge in [-0.05, 0) is 75.8 Å². The highest BCUT2D eigenvalue weighted by molar-refractivity contribution is 6.23. The largest absolute Gasteiger partial charge is 0.307 e. The zero-order valence-corrected chi connectivity index (χ0v) is 27.4. The molecule has 0 unspecified atom stereocenters. The maximum atomic E-state index is 2.48. The molecule has 234 valence electrons. The summed E-state index contributed by atoms with van der Waals surface area (Å²) in [7, 11) is 0. The zero-order chi connectivity index (χ0) is 33.0. The third kappa shape index (κ3) is 4.50. The summed E-state index contributed by atoms with van der Waals surface area (Å²) in [4.78, 5) is 0. The van der Waals surface area contributed by atoms with Crippen LogP contribution >= 0.6 is 0 Å². The van der Waals surface area contributed by atoms with E-state index in [4.69, 9.17) is 0 Å². The standard InChI is InChI=1S/C48H32N2/c1-3-13-33(14-4-1)35-25-27-39(28-26-35)49-45-23-9-7-21-41(45)43-29-30-44-42-22-8-10-24-46(42)50(48(44)47(43)49)40-20-12-19-38(32-40)37-18-11-17-36(31-37)34-15-5-2-6-16-34/h1-32H. The molecule has 0 saturated heterocycles. The minimum atomic E-state index is 1.14. The van der Waals surface area contributed by atoms with E-state index in [1.54, 1.807) is 0 Å². The smallest absolute Gasteiger partial charge is 0.0788 e. The third-order valence-corrected chi connectivity index (χ3v) is 10.1. The number of fused-ring (bicyclic) bond motifs is 7. The number of hydrogen-bond acceptors (Lipinski definition) is 0. The molecule has 0 amide bonds. The molecular formula is C48H32N2. The Hall–Kier alpha value is -6.64. The van der Waals surface area contributed by atoms with E-state index in [1.807, 2.05) is 0 Å². The predicted molar refractivity (Wildman–Crippen MR) is 211 cm³/mol. The van der Waals surface area contributed by atoms with Gasteiger partial charge in [0.2, 0.25) is 0 Å². The van der Waals surface area contributed by atoms with E-state index in [2.05, 4.69) is 203 Å². The summed E-state index contributed by atoms with van der Waals surface area (Å²) in [5.41, 5.74) is 14.4. The van der Waals surface area contributed by atoms with Crippen LogP contribution < -0.4 is 0 Å². The summed E-state index contributed by atoms with van der Waals surface area (Å²) in [6.07, 6.45) is 0. The van der Waals surface area contributed by atoms with Crippen LogP contribution in [0.1, 0.15) is 0 Å². The van der Waals surface area contributed by atoms with Gasteiger partial charge in [0.1, 0.15) is 0 Å². The molecule has 2 nitrogen and oxygen atoms in total. The first-order chi connectivity index (χ1) is 24.8. The highest BCUT2D eigenvalue weighted by Crippen LogP contribution is 2.42. The second-order valence-electron chi connectivity index (χ2n) is 13.0. The van der Waals surface area contributed by atoms with Crippen LogP contribution in [0, 0.1) is 0 Å². The first-order valence-electron chi connectivity index (χ1n) is 17.2. The van der Waals surface area contributed by atoms with Crippen molar-refractivity contribution in [3.63, 3.8) is 0 Å². The van der Waals surface area contributed by atoms with Crippen molar-refractivity contribution in [2.75, 3.05) is 0 Å². The molecule has 2 aromatic heterocycles. The maximum Gasteiger partial charge on any atom is 0.0788 e. The fraction of sp³-hybridized carbons (Fsp3) is 0. The number of para-hydroxylation sites is 2. The number of hydrogen-bond donors (Lipinski definition) is 0. The van der Waals surface area contributed by atoms with Gasteiger partial charge in [-0.2, -0.15) is 0 Å². The zero-order valence-electron chi connectivity index (χ0n) is 27.4. The summed E-state index contributed by atoms with van der Waals surface area (Å²) in [5, 5.41) is 4.99. The Balaban J connectivity index is 1.24. The fourth-order valence-electron chi connectivity index (χ4n) is 7.80. The number of rotatable bonds is 5. The minimum Gasteiger partial charge on any atom is -0.307 e. The fourth-order valence-corrected chi connectivity index (χ4v) is 7.80. The number of nitrogens with zero attached hydrogens (tertiary/aromatic N) is 2. The van der Waals surface area contributed by atoms with Crippen molar-refractivity contribution in [2.24, 2.45) is 0 Å². The Morgan fingerprint density at radius 2 is 0.660 bits per heavy atom. The predicted octanol–water partition coefficient (Wildman–Crippen LogP) is 12.9. The Bertz CT molecular complexity index is 2840. The lowest BCUT2D eigenvalue weighted by Crippen LogP contribution is -1.99. The van der Waals surface area contributed by atoms with Gasteiger partial charge in [0.25, 0.3) is 0 Å². The second kappa shape index (κ2) is 11.5. The molecule has 0 saturated carbocycles. The van der Waals surface area contributed by atoms with Crippen LogP contribution in [0.25, 0.3) is 88.4 Å². The van der Waals surface area contributed by atoms with Gasteiger partial charge >= 0.3 is 0 Å². The minimum absolute atomic E-state index is 1.14. The number of aromatic nitrogens is 2. The van der Waals surface area contributed by atoms with Crippen molar-refractivity contribution >= 4 is 43.6 Å². The van der Waals surface area contributed by atoms with Crippen LogP contribution in [-0.4, -0.2) is 9.13 Å². The summed E-state index contributed by atoms with van der Waals surface area (Å²) < 4.78 is 4.94. The van der Waals surface area contributed by atoms with Crippen LogP contribution in [0.2, 0.25) is 0 Å². The van der Waals surface area contributed by atoms with Gasteiger partial charge in [0, 0.05) is 32.9 Å². The van der Waals surface area contributed by atoms with E-state index in [0.29, 0.717) is 0 Å². The van der Waals surface area contributed by atoms with Crippen molar-refractivity contribution < 1.29 is 0 Å². The molecule has 50 heavy (non-hydrogen) atoms. The Morgan fingerprint density at radius 1 is 0.240 bits per heavy atom. The topological polar surface area (TPSA) is 9.86 Å². The molecular weight excluding hydrogens is 605 g/mol. The van der Waals surface area contributed by atoms with Crippen LogP contribution in [0.15, 0.2) is 194 Å². The Morgan fingerprint density at radius 3 is 1.26 bits per heavy atom. The monoisotopic (exact) mass is 636 g/mol. The van der Waals surface area contributed by atoms with E-state index < -0.39 is 0 Å². The molecule has 0 spiro atoms. The number of benzene rings is 8. The molecule has 2 heteroatoms. The highest BCUT2D eigenvalue weighted by Gasteiger charge is 2.21. The van der Waals surface area contributed by atoms with E-state index in [9.17, 15) is 0 Å². The average molecular weight is 637 g/mol. The van der Waals surface area contributed by atoms with Crippen LogP contribution in [0.3, 0.4) is 0 Å². The van der Waals surface area contributed by atoms with Crippen LogP contribution in [0.5, 0.6) is 0 Å². The lowest BCUT2D eigenvalue weighted by atomic mass is 9.99. The van der Waals surface area contributed by atoms with Crippen molar-refractivity contribution in [2.45, 2.75) is 0 Å². The molecule has 0 aliphatic carbocycles. The highest BCUT2D eigenvalue weighted by atomic mass is 15.0. The van der Waals surface area contributed by atoms with Crippen molar-refractivity contribution in [1.82, 2.24) is 9.13 Å². The summed E-state index contributed by atoms with van der Waals surface area (Å²) in [6, 6.07) is 70.4. The van der Waals surface area contributed by atoms with Gasteiger partial charge in [-0.15, -0.1) is 0 Å². The molecule has 8 aromatic carbocycles.